The predicted octanol–water partition coefficient (Wildman–Crippen LogP) is 2.22. The molecule has 2 aliphatic rings. The van der Waals surface area contributed by atoms with Crippen LogP contribution in [0, 0.1) is 5.92 Å². The minimum atomic E-state index is -0.918. The number of aliphatic carboxylic acids is 1. The number of nitrogens with zero attached hydrogens (tertiary/aromatic N) is 1. The molecule has 4 heteroatoms. The van der Waals surface area contributed by atoms with Crippen LogP contribution in [-0.2, 0) is 16.0 Å². The van der Waals surface area contributed by atoms with E-state index in [-0.39, 0.29) is 5.91 Å². The van der Waals surface area contributed by atoms with E-state index < -0.39 is 12.0 Å². The van der Waals surface area contributed by atoms with Crippen molar-refractivity contribution in [3.05, 3.63) is 29.8 Å². The van der Waals surface area contributed by atoms with Gasteiger partial charge in [-0.05, 0) is 30.4 Å². The van der Waals surface area contributed by atoms with Gasteiger partial charge in [0.05, 0.1) is 0 Å². The minimum Gasteiger partial charge on any atom is -0.480 e. The van der Waals surface area contributed by atoms with Gasteiger partial charge >= 0.3 is 5.97 Å². The van der Waals surface area contributed by atoms with Crippen LogP contribution in [0.4, 0.5) is 5.69 Å². The van der Waals surface area contributed by atoms with Gasteiger partial charge in [0.1, 0.15) is 6.04 Å². The van der Waals surface area contributed by atoms with Gasteiger partial charge in [-0.15, -0.1) is 0 Å². The smallest absolute Gasteiger partial charge is 0.327 e. The number of rotatable bonds is 3. The summed E-state index contributed by atoms with van der Waals surface area (Å²) in [6, 6.07) is 6.76. The highest BCUT2D eigenvalue weighted by Gasteiger charge is 2.39. The normalized spacial score (nSPS) is 21.9. The van der Waals surface area contributed by atoms with Crippen LogP contribution in [0.25, 0.3) is 0 Å². The van der Waals surface area contributed by atoms with Crippen molar-refractivity contribution in [2.45, 2.75) is 38.1 Å². The second kappa shape index (κ2) is 4.68. The standard InChI is InChI=1S/C15H17NO3/c17-14(8-10-4-3-5-10)16-12-7-2-1-6-11(12)9-13(16)15(18)19/h1-2,6-7,10,13H,3-5,8-9H2,(H,18,19)/t13-/m0/s1. The van der Waals surface area contributed by atoms with Gasteiger partial charge in [0.15, 0.2) is 0 Å². The highest BCUT2D eigenvalue weighted by molar-refractivity contribution is 6.02. The Kier molecular flexibility index (Phi) is 3.01. The lowest BCUT2D eigenvalue weighted by Crippen LogP contribution is -2.43. The first-order chi connectivity index (χ1) is 9.16. The van der Waals surface area contributed by atoms with E-state index >= 15 is 0 Å². The molecule has 0 bridgehead atoms. The zero-order valence-electron chi connectivity index (χ0n) is 10.7. The first kappa shape index (κ1) is 12.2. The number of anilines is 1. The Morgan fingerprint density at radius 1 is 1.26 bits per heavy atom. The van der Waals surface area contributed by atoms with Gasteiger partial charge < -0.3 is 5.11 Å². The molecule has 1 aliphatic heterocycles. The van der Waals surface area contributed by atoms with Crippen molar-refractivity contribution in [2.75, 3.05) is 4.90 Å². The number of carboxylic acid groups (broad SMARTS) is 1. The SMILES string of the molecule is O=C(O)[C@@H]1Cc2ccccc2N1C(=O)CC1CCC1. The Morgan fingerprint density at radius 2 is 2.00 bits per heavy atom. The van der Waals surface area contributed by atoms with Gasteiger partial charge in [0.2, 0.25) is 5.91 Å². The molecule has 1 amide bonds. The van der Waals surface area contributed by atoms with Gasteiger partial charge in [0.25, 0.3) is 0 Å². The summed E-state index contributed by atoms with van der Waals surface area (Å²) < 4.78 is 0. The molecule has 1 aromatic carbocycles. The van der Waals surface area contributed by atoms with Crippen LogP contribution in [0.3, 0.4) is 0 Å². The van der Waals surface area contributed by atoms with Crippen molar-refractivity contribution in [1.29, 1.82) is 0 Å². The summed E-state index contributed by atoms with van der Waals surface area (Å²) in [6.45, 7) is 0. The number of fused-ring (bicyclic) bond motifs is 1. The van der Waals surface area contributed by atoms with E-state index in [1.165, 1.54) is 11.3 Å². The third kappa shape index (κ3) is 2.11. The number of amides is 1. The molecule has 1 saturated carbocycles. The number of hydrogen-bond acceptors (Lipinski definition) is 2. The zero-order chi connectivity index (χ0) is 13.4. The van der Waals surface area contributed by atoms with Crippen LogP contribution in [0.2, 0.25) is 0 Å². The van der Waals surface area contributed by atoms with E-state index in [1.54, 1.807) is 0 Å². The monoisotopic (exact) mass is 259 g/mol. The predicted molar refractivity (Wildman–Crippen MR) is 71.0 cm³/mol. The number of carbonyl (C=O) groups excluding carboxylic acids is 1. The topological polar surface area (TPSA) is 57.6 Å². The highest BCUT2D eigenvalue weighted by Crippen LogP contribution is 2.35. The largest absolute Gasteiger partial charge is 0.480 e. The average Bonchev–Trinajstić information content (AvgIpc) is 2.73. The molecule has 0 radical (unpaired) electrons. The number of benzene rings is 1. The van der Waals surface area contributed by atoms with Gasteiger partial charge in [0, 0.05) is 18.5 Å². The van der Waals surface area contributed by atoms with Gasteiger partial charge in [-0.25, -0.2) is 4.79 Å². The first-order valence-electron chi connectivity index (χ1n) is 6.79. The second-order valence-electron chi connectivity index (χ2n) is 5.45. The Balaban J connectivity index is 1.86. The van der Waals surface area contributed by atoms with Crippen molar-refractivity contribution in [3.8, 4) is 0 Å². The Morgan fingerprint density at radius 3 is 2.63 bits per heavy atom. The molecule has 100 valence electrons. The van der Waals surface area contributed by atoms with Gasteiger partial charge in [-0.2, -0.15) is 0 Å². The molecule has 0 aromatic heterocycles. The molecule has 1 fully saturated rings. The quantitative estimate of drug-likeness (QED) is 0.905. The molecule has 1 atom stereocenters. The summed E-state index contributed by atoms with van der Waals surface area (Å²) in [6.07, 6.45) is 4.29. The molecule has 3 rings (SSSR count). The third-order valence-corrected chi connectivity index (χ3v) is 4.22. The Labute approximate surface area is 112 Å². The minimum absolute atomic E-state index is 0.0398. The lowest BCUT2D eigenvalue weighted by Gasteiger charge is -2.29. The molecular formula is C15H17NO3. The van der Waals surface area contributed by atoms with Crippen molar-refractivity contribution < 1.29 is 14.7 Å². The fraction of sp³-hybridized carbons (Fsp3) is 0.467. The molecule has 19 heavy (non-hydrogen) atoms. The van der Waals surface area contributed by atoms with Crippen LogP contribution in [-0.4, -0.2) is 23.0 Å². The summed E-state index contributed by atoms with van der Waals surface area (Å²) in [5, 5.41) is 9.32. The van der Waals surface area contributed by atoms with Crippen LogP contribution < -0.4 is 4.90 Å². The van der Waals surface area contributed by atoms with E-state index in [4.69, 9.17) is 0 Å². The number of para-hydroxylation sites is 1. The van der Waals surface area contributed by atoms with Crippen LogP contribution >= 0.6 is 0 Å². The summed E-state index contributed by atoms with van der Waals surface area (Å²) in [5.74, 6) is -0.505. The molecule has 0 unspecified atom stereocenters. The van der Waals surface area contributed by atoms with E-state index in [2.05, 4.69) is 0 Å². The molecule has 0 saturated heterocycles. The molecule has 1 aromatic rings. The van der Waals surface area contributed by atoms with E-state index in [0.717, 1.165) is 24.1 Å². The molecule has 1 N–H and O–H groups in total. The van der Waals surface area contributed by atoms with Crippen molar-refractivity contribution in [2.24, 2.45) is 5.92 Å². The summed E-state index contributed by atoms with van der Waals surface area (Å²) in [7, 11) is 0. The van der Waals surface area contributed by atoms with E-state index in [9.17, 15) is 14.7 Å². The van der Waals surface area contributed by atoms with Crippen molar-refractivity contribution in [1.82, 2.24) is 0 Å². The summed E-state index contributed by atoms with van der Waals surface area (Å²) in [5.41, 5.74) is 1.73. The van der Waals surface area contributed by atoms with Gasteiger partial charge in [-0.3, -0.25) is 9.69 Å². The summed E-state index contributed by atoms with van der Waals surface area (Å²) in [4.78, 5) is 25.2. The number of hydrogen-bond donors (Lipinski definition) is 1. The Hall–Kier alpha value is -1.84. The average molecular weight is 259 g/mol. The van der Waals surface area contributed by atoms with E-state index in [0.29, 0.717) is 18.8 Å². The maximum Gasteiger partial charge on any atom is 0.327 e. The lowest BCUT2D eigenvalue weighted by atomic mass is 9.82. The number of carbonyl (C=O) groups is 2. The first-order valence-corrected chi connectivity index (χ1v) is 6.79. The highest BCUT2D eigenvalue weighted by atomic mass is 16.4. The van der Waals surface area contributed by atoms with Crippen molar-refractivity contribution in [3.63, 3.8) is 0 Å². The maximum absolute atomic E-state index is 12.4. The Bertz CT molecular complexity index is 522. The molecule has 1 heterocycles. The van der Waals surface area contributed by atoms with Crippen LogP contribution in [0.5, 0.6) is 0 Å². The molecule has 1 aliphatic carbocycles. The summed E-state index contributed by atoms with van der Waals surface area (Å²) >= 11 is 0. The van der Waals surface area contributed by atoms with Crippen LogP contribution in [0.1, 0.15) is 31.2 Å². The fourth-order valence-corrected chi connectivity index (χ4v) is 2.93. The second-order valence-corrected chi connectivity index (χ2v) is 5.45. The molecular weight excluding hydrogens is 242 g/mol. The van der Waals surface area contributed by atoms with E-state index in [1.807, 2.05) is 24.3 Å². The van der Waals surface area contributed by atoms with Gasteiger partial charge in [-0.1, -0.05) is 24.6 Å². The number of carboxylic acids is 1. The zero-order valence-corrected chi connectivity index (χ0v) is 10.7. The fourth-order valence-electron chi connectivity index (χ4n) is 2.93. The molecule has 0 spiro atoms. The molecule has 4 nitrogen and oxygen atoms in total. The third-order valence-electron chi connectivity index (χ3n) is 4.22. The van der Waals surface area contributed by atoms with Crippen molar-refractivity contribution >= 4 is 17.6 Å². The lowest BCUT2D eigenvalue weighted by molar-refractivity contribution is -0.140. The maximum atomic E-state index is 12.4. The van der Waals surface area contributed by atoms with Crippen LogP contribution in [0.15, 0.2) is 24.3 Å².